The third-order valence-corrected chi connectivity index (χ3v) is 7.03. The summed E-state index contributed by atoms with van der Waals surface area (Å²) in [6, 6.07) is 14.7. The lowest BCUT2D eigenvalue weighted by molar-refractivity contribution is -0.118. The fraction of sp³-hybridized carbons (Fsp3) is 0.231. The number of halogens is 3. The summed E-state index contributed by atoms with van der Waals surface area (Å²) in [6.07, 6.45) is -1.27. The number of hydrazone groups is 1. The van der Waals surface area contributed by atoms with Gasteiger partial charge in [0.2, 0.25) is 5.91 Å². The number of nitrogens with zero attached hydrogens (tertiary/aromatic N) is 3. The summed E-state index contributed by atoms with van der Waals surface area (Å²) in [5, 5.41) is 13.7. The number of nitriles is 1. The van der Waals surface area contributed by atoms with Crippen LogP contribution in [0.1, 0.15) is 39.9 Å². The summed E-state index contributed by atoms with van der Waals surface area (Å²) < 4.78 is 45.0. The predicted octanol–water partition coefficient (Wildman–Crippen LogP) is 6.02. The van der Waals surface area contributed by atoms with Crippen LogP contribution in [0.15, 0.2) is 58.7 Å². The molecule has 0 radical (unpaired) electrons. The van der Waals surface area contributed by atoms with E-state index >= 15 is 0 Å². The van der Waals surface area contributed by atoms with Crippen molar-refractivity contribution in [1.29, 1.82) is 5.26 Å². The van der Waals surface area contributed by atoms with Crippen molar-refractivity contribution in [3.05, 3.63) is 87.9 Å². The van der Waals surface area contributed by atoms with Crippen LogP contribution in [0.4, 0.5) is 13.2 Å². The minimum Gasteiger partial charge on any atom is -0.496 e. The van der Waals surface area contributed by atoms with Crippen molar-refractivity contribution in [2.75, 3.05) is 12.9 Å². The fourth-order valence-electron chi connectivity index (χ4n) is 3.26. The molecule has 0 spiro atoms. The van der Waals surface area contributed by atoms with Gasteiger partial charge in [-0.2, -0.15) is 10.4 Å². The van der Waals surface area contributed by atoms with E-state index in [0.29, 0.717) is 28.4 Å². The van der Waals surface area contributed by atoms with E-state index in [0.717, 1.165) is 22.9 Å². The molecular formula is C26H23F3N4O2S2. The number of pyridine rings is 1. The second-order valence-electron chi connectivity index (χ2n) is 7.73. The van der Waals surface area contributed by atoms with E-state index in [9.17, 15) is 23.2 Å². The Hall–Kier alpha value is -3.49. The molecule has 1 N–H and O–H groups in total. The van der Waals surface area contributed by atoms with Gasteiger partial charge in [-0.3, -0.25) is 4.79 Å². The van der Waals surface area contributed by atoms with Gasteiger partial charge < -0.3 is 4.74 Å². The van der Waals surface area contributed by atoms with Crippen LogP contribution in [0.5, 0.6) is 5.75 Å². The molecule has 0 atom stereocenters. The summed E-state index contributed by atoms with van der Waals surface area (Å²) in [5.74, 6) is 0.916. The van der Waals surface area contributed by atoms with Crippen molar-refractivity contribution < 1.29 is 22.7 Å². The van der Waals surface area contributed by atoms with Crippen LogP contribution in [0.3, 0.4) is 0 Å². The van der Waals surface area contributed by atoms with Crippen molar-refractivity contribution in [2.45, 2.75) is 29.9 Å². The molecule has 11 heteroatoms. The molecule has 0 fully saturated rings. The zero-order valence-corrected chi connectivity index (χ0v) is 21.6. The maximum atomic E-state index is 13.2. The van der Waals surface area contributed by atoms with Crippen LogP contribution in [-0.2, 0) is 16.3 Å². The third kappa shape index (κ3) is 8.27. The number of hydrogen-bond donors (Lipinski definition) is 1. The second-order valence-corrected chi connectivity index (χ2v) is 9.68. The maximum Gasteiger partial charge on any atom is 0.280 e. The molecule has 0 saturated heterocycles. The van der Waals surface area contributed by atoms with Gasteiger partial charge in [-0.1, -0.05) is 12.1 Å². The first-order valence-electron chi connectivity index (χ1n) is 10.9. The molecule has 0 saturated carbocycles. The highest BCUT2D eigenvalue weighted by atomic mass is 32.2. The van der Waals surface area contributed by atoms with Crippen LogP contribution in [0.2, 0.25) is 0 Å². The maximum absolute atomic E-state index is 13.2. The normalized spacial score (nSPS) is 11.1. The van der Waals surface area contributed by atoms with Gasteiger partial charge in [0.05, 0.1) is 24.6 Å². The first kappa shape index (κ1) is 28.1. The molecule has 3 aromatic rings. The van der Waals surface area contributed by atoms with E-state index in [1.54, 1.807) is 37.3 Å². The van der Waals surface area contributed by atoms with Crippen LogP contribution in [0, 0.1) is 24.1 Å². The van der Waals surface area contributed by atoms with Gasteiger partial charge in [0.25, 0.3) is 6.43 Å². The van der Waals surface area contributed by atoms with Gasteiger partial charge >= 0.3 is 0 Å². The van der Waals surface area contributed by atoms with E-state index in [2.05, 4.69) is 15.5 Å². The van der Waals surface area contributed by atoms with Crippen molar-refractivity contribution in [2.24, 2.45) is 5.10 Å². The quantitative estimate of drug-likeness (QED) is 0.180. The molecule has 0 aliphatic carbocycles. The van der Waals surface area contributed by atoms with Gasteiger partial charge in [0, 0.05) is 17.1 Å². The molecule has 6 nitrogen and oxygen atoms in total. The summed E-state index contributed by atoms with van der Waals surface area (Å²) >= 11 is 2.50. The number of rotatable bonds is 11. The van der Waals surface area contributed by atoms with E-state index in [1.165, 1.54) is 43.3 Å². The second kappa shape index (κ2) is 13.7. The molecule has 0 aliphatic heterocycles. The molecule has 37 heavy (non-hydrogen) atoms. The lowest BCUT2D eigenvalue weighted by Gasteiger charge is -2.11. The van der Waals surface area contributed by atoms with E-state index in [4.69, 9.17) is 4.74 Å². The number of aromatic nitrogens is 1. The Kier molecular flexibility index (Phi) is 10.4. The Labute approximate surface area is 221 Å². The Morgan fingerprint density at radius 1 is 1.24 bits per heavy atom. The highest BCUT2D eigenvalue weighted by molar-refractivity contribution is 7.99. The average Bonchev–Trinajstić information content (AvgIpc) is 2.87. The van der Waals surface area contributed by atoms with Gasteiger partial charge in [-0.25, -0.2) is 23.6 Å². The lowest BCUT2D eigenvalue weighted by Crippen LogP contribution is -2.19. The third-order valence-electron chi connectivity index (χ3n) is 5.00. The van der Waals surface area contributed by atoms with Crippen LogP contribution in [-0.4, -0.2) is 30.0 Å². The number of alkyl halides is 2. The van der Waals surface area contributed by atoms with Crippen molar-refractivity contribution >= 4 is 35.6 Å². The topological polar surface area (TPSA) is 87.4 Å². The van der Waals surface area contributed by atoms with Gasteiger partial charge in [-0.05, 0) is 60.0 Å². The summed E-state index contributed by atoms with van der Waals surface area (Å²) in [5.41, 5.74) is 4.97. The SMILES string of the molecule is COc1ccc(C=NNC(=O)CSCc2cccc(F)c2)cc1CSc1nc(C(F)F)cc(C)c1C#N. The number of thioether (sulfide) groups is 2. The van der Waals surface area contributed by atoms with Crippen molar-refractivity contribution in [3.8, 4) is 11.8 Å². The van der Waals surface area contributed by atoms with E-state index in [1.807, 2.05) is 6.07 Å². The largest absolute Gasteiger partial charge is 0.496 e. The number of amides is 1. The summed E-state index contributed by atoms with van der Waals surface area (Å²) in [7, 11) is 1.51. The van der Waals surface area contributed by atoms with Crippen molar-refractivity contribution in [3.63, 3.8) is 0 Å². The van der Waals surface area contributed by atoms with E-state index < -0.39 is 6.43 Å². The monoisotopic (exact) mass is 544 g/mol. The van der Waals surface area contributed by atoms with Crippen LogP contribution in [0.25, 0.3) is 0 Å². The Bertz CT molecular complexity index is 1330. The van der Waals surface area contributed by atoms with Crippen LogP contribution < -0.4 is 10.2 Å². The average molecular weight is 545 g/mol. The fourth-order valence-corrected chi connectivity index (χ4v) is 5.06. The smallest absolute Gasteiger partial charge is 0.280 e. The number of methoxy groups -OCH3 is 1. The molecule has 192 valence electrons. The van der Waals surface area contributed by atoms with Gasteiger partial charge in [0.15, 0.2) is 0 Å². The Balaban J connectivity index is 1.61. The number of aryl methyl sites for hydroxylation is 1. The molecule has 0 bridgehead atoms. The predicted molar refractivity (Wildman–Crippen MR) is 139 cm³/mol. The molecule has 1 heterocycles. The zero-order valence-electron chi connectivity index (χ0n) is 20.0. The molecule has 2 aromatic carbocycles. The number of carbonyl (C=O) groups excluding carboxylic acids is 1. The Morgan fingerprint density at radius 2 is 2.05 bits per heavy atom. The minimum atomic E-state index is -2.74. The molecule has 0 aliphatic rings. The number of carbonyl (C=O) groups is 1. The summed E-state index contributed by atoms with van der Waals surface area (Å²) in [4.78, 5) is 16.0. The molecule has 1 aromatic heterocycles. The van der Waals surface area contributed by atoms with Crippen molar-refractivity contribution in [1.82, 2.24) is 10.4 Å². The molecule has 3 rings (SSSR count). The molecule has 1 amide bonds. The number of nitrogens with one attached hydrogen (secondary N) is 1. The first-order chi connectivity index (χ1) is 17.8. The number of ether oxygens (including phenoxy) is 1. The molecular weight excluding hydrogens is 521 g/mol. The number of benzene rings is 2. The number of hydrogen-bond acceptors (Lipinski definition) is 7. The van der Waals surface area contributed by atoms with Crippen LogP contribution >= 0.6 is 23.5 Å². The summed E-state index contributed by atoms with van der Waals surface area (Å²) in [6.45, 7) is 1.60. The van der Waals surface area contributed by atoms with Gasteiger partial charge in [0.1, 0.15) is 28.4 Å². The highest BCUT2D eigenvalue weighted by Gasteiger charge is 2.17. The molecule has 0 unspecified atom stereocenters. The Morgan fingerprint density at radius 3 is 2.76 bits per heavy atom. The first-order valence-corrected chi connectivity index (χ1v) is 13.1. The standard InChI is InChI=1S/C26H23F3N4O2S2/c1-16-8-22(25(28)29)32-26(21(16)11-30)37-14-19-9-17(6-7-23(19)35-2)12-31-33-24(34)15-36-13-18-4-3-5-20(27)10-18/h3-10,12,25H,13-15H2,1-2H3,(H,33,34). The zero-order chi connectivity index (χ0) is 26.8. The highest BCUT2D eigenvalue weighted by Crippen LogP contribution is 2.32. The van der Waals surface area contributed by atoms with E-state index in [-0.39, 0.29) is 33.8 Å². The lowest BCUT2D eigenvalue weighted by atomic mass is 10.1. The minimum absolute atomic E-state index is 0.156. The van der Waals surface area contributed by atoms with Gasteiger partial charge in [-0.15, -0.1) is 23.5 Å².